The third-order valence-corrected chi connectivity index (χ3v) is 10.0. The molecule has 50 heavy (non-hydrogen) atoms. The summed E-state index contributed by atoms with van der Waals surface area (Å²) in [6.07, 6.45) is 3.97. The summed E-state index contributed by atoms with van der Waals surface area (Å²) in [5.74, 6) is 0. The first-order chi connectivity index (χ1) is 24.7. The van der Waals surface area contributed by atoms with Gasteiger partial charge in [0, 0.05) is 22.0 Å². The van der Waals surface area contributed by atoms with Gasteiger partial charge in [-0.05, 0) is 97.5 Å². The second-order valence-electron chi connectivity index (χ2n) is 12.9. The zero-order valence-corrected chi connectivity index (χ0v) is 27.1. The molecule has 0 spiro atoms. The maximum absolute atomic E-state index is 9.22. The van der Waals surface area contributed by atoms with Crippen molar-refractivity contribution in [1.82, 2.24) is 4.57 Å². The van der Waals surface area contributed by atoms with Gasteiger partial charge in [0.1, 0.15) is 5.71 Å². The third-order valence-electron chi connectivity index (χ3n) is 10.0. The van der Waals surface area contributed by atoms with E-state index >= 15 is 0 Å². The molecule has 0 bridgehead atoms. The zero-order valence-electron chi connectivity index (χ0n) is 27.1. The summed E-state index contributed by atoms with van der Waals surface area (Å²) in [7, 11) is 0. The summed E-state index contributed by atoms with van der Waals surface area (Å²) < 4.78 is 2.42. The molecule has 0 fully saturated rings. The monoisotopic (exact) mass is 638 g/mol. The molecular weight excluding hydrogens is 609 g/mol. The van der Waals surface area contributed by atoms with Gasteiger partial charge in [0.25, 0.3) is 0 Å². The van der Waals surface area contributed by atoms with Gasteiger partial charge in [-0.15, -0.1) is 0 Å². The van der Waals surface area contributed by atoms with Crippen molar-refractivity contribution < 1.29 is 0 Å². The Hall–Kier alpha value is -6.78. The van der Waals surface area contributed by atoms with Crippen LogP contribution in [0.15, 0.2) is 169 Å². The van der Waals surface area contributed by atoms with Crippen LogP contribution in [0, 0.1) is 5.41 Å². The van der Waals surface area contributed by atoms with Gasteiger partial charge in [0.05, 0.1) is 22.4 Å². The van der Waals surface area contributed by atoms with Crippen LogP contribution < -0.4 is 5.43 Å². The lowest BCUT2D eigenvalue weighted by Crippen LogP contribution is -2.18. The predicted octanol–water partition coefficient (Wildman–Crippen LogP) is 11.8. The Morgan fingerprint density at radius 1 is 0.500 bits per heavy atom. The molecule has 9 aromatic rings. The van der Waals surface area contributed by atoms with E-state index in [1.807, 2.05) is 36.4 Å². The number of hydrogen-bond donors (Lipinski definition) is 2. The van der Waals surface area contributed by atoms with Gasteiger partial charge >= 0.3 is 0 Å². The summed E-state index contributed by atoms with van der Waals surface area (Å²) in [5.41, 5.74) is 12.7. The van der Waals surface area contributed by atoms with E-state index in [2.05, 4.69) is 149 Å². The molecule has 8 aromatic carbocycles. The Morgan fingerprint density at radius 2 is 1.12 bits per heavy atom. The van der Waals surface area contributed by atoms with Crippen LogP contribution in [0.2, 0.25) is 0 Å². The summed E-state index contributed by atoms with van der Waals surface area (Å²) in [6, 6.07) is 55.9. The average Bonchev–Trinajstić information content (AvgIpc) is 3.53. The summed E-state index contributed by atoms with van der Waals surface area (Å²) in [5, 5.41) is 23.5. The summed E-state index contributed by atoms with van der Waals surface area (Å²) in [6.45, 7) is 0. The summed E-state index contributed by atoms with van der Waals surface area (Å²) in [4.78, 5) is 0. The number of nitrogens with zero attached hydrogens (tertiary/aromatic N) is 2. The maximum Gasteiger partial charge on any atom is 0.109 e. The fraction of sp³-hybridized carbons (Fsp3) is 0. The minimum Gasteiger partial charge on any atom is -0.309 e. The number of allylic oxidation sites excluding steroid dienone is 1. The molecule has 2 N–H and O–H groups in total. The molecule has 0 unspecified atom stereocenters. The lowest BCUT2D eigenvalue weighted by molar-refractivity contribution is 1.18. The SMILES string of the molecule is N=C1/C(=N\Nc2ccccc2)C=Cc2ccc3ccc(-c4cccc(-n5c6ccc7ccccc7c6c6c7ccccc7ccc65)c4)cc3c21. The highest BCUT2D eigenvalue weighted by Crippen LogP contribution is 2.41. The lowest BCUT2D eigenvalue weighted by atomic mass is 9.88. The third kappa shape index (κ3) is 4.39. The van der Waals surface area contributed by atoms with E-state index in [0.29, 0.717) is 11.4 Å². The Labute approximate surface area is 288 Å². The molecule has 0 amide bonds. The summed E-state index contributed by atoms with van der Waals surface area (Å²) >= 11 is 0. The first kappa shape index (κ1) is 28.3. The number of nitrogens with one attached hydrogen (secondary N) is 2. The van der Waals surface area contributed by atoms with Crippen LogP contribution in [0.4, 0.5) is 5.69 Å². The molecule has 1 aliphatic rings. The van der Waals surface area contributed by atoms with E-state index in [4.69, 9.17) is 0 Å². The Morgan fingerprint density at radius 3 is 1.86 bits per heavy atom. The van der Waals surface area contributed by atoms with Crippen molar-refractivity contribution in [2.24, 2.45) is 5.10 Å². The Balaban J connectivity index is 1.13. The quantitative estimate of drug-likeness (QED) is 0.185. The molecule has 0 saturated heterocycles. The van der Waals surface area contributed by atoms with Gasteiger partial charge in [-0.2, -0.15) is 5.10 Å². The molecule has 0 atom stereocenters. The number of aromatic nitrogens is 1. The highest BCUT2D eigenvalue weighted by Gasteiger charge is 2.21. The minimum atomic E-state index is 0.409. The fourth-order valence-electron chi connectivity index (χ4n) is 7.70. The van der Waals surface area contributed by atoms with Crippen molar-refractivity contribution in [3.8, 4) is 16.8 Å². The number of benzene rings is 8. The molecule has 4 nitrogen and oxygen atoms in total. The van der Waals surface area contributed by atoms with Crippen molar-refractivity contribution in [2.75, 3.05) is 5.43 Å². The lowest BCUT2D eigenvalue weighted by Gasteiger charge is -2.17. The minimum absolute atomic E-state index is 0.409. The molecule has 0 saturated carbocycles. The fourth-order valence-corrected chi connectivity index (χ4v) is 7.70. The van der Waals surface area contributed by atoms with Crippen molar-refractivity contribution >= 4 is 77.3 Å². The number of anilines is 1. The van der Waals surface area contributed by atoms with Crippen LogP contribution in [0.1, 0.15) is 11.1 Å². The Bertz CT molecular complexity index is 2820. The van der Waals surface area contributed by atoms with E-state index in [1.165, 1.54) is 43.4 Å². The number of para-hydroxylation sites is 1. The van der Waals surface area contributed by atoms with Crippen LogP contribution in [0.25, 0.3) is 77.0 Å². The van der Waals surface area contributed by atoms with Gasteiger partial charge in [-0.25, -0.2) is 0 Å². The van der Waals surface area contributed by atoms with Crippen LogP contribution in [0.3, 0.4) is 0 Å². The first-order valence-electron chi connectivity index (χ1n) is 16.9. The highest BCUT2D eigenvalue weighted by atomic mass is 15.3. The van der Waals surface area contributed by atoms with Gasteiger partial charge in [-0.3, -0.25) is 10.8 Å². The second kappa shape index (κ2) is 11.1. The molecule has 10 rings (SSSR count). The molecule has 1 aromatic heterocycles. The second-order valence-corrected chi connectivity index (χ2v) is 12.9. The van der Waals surface area contributed by atoms with E-state index < -0.39 is 0 Å². The van der Waals surface area contributed by atoms with Crippen LogP contribution in [-0.4, -0.2) is 16.0 Å². The molecule has 1 heterocycles. The molecular formula is C46H30N4. The number of fused-ring (bicyclic) bond motifs is 10. The number of hydrogen-bond acceptors (Lipinski definition) is 3. The maximum atomic E-state index is 9.22. The van der Waals surface area contributed by atoms with E-state index in [9.17, 15) is 5.41 Å². The standard InChI is InChI=1S/C46H30N4/c47-46-40(49-48-35-12-2-1-3-13-35)24-21-32-19-17-31-18-20-34(28-39(31)43(32)46)33-11-8-14-36(27-33)50-41-25-22-29-9-4-6-15-37(29)44(41)45-38-16-7-5-10-30(38)23-26-42(45)50/h1-28,47-48H/b47-46?,49-40-. The van der Waals surface area contributed by atoms with Crippen molar-refractivity contribution in [2.45, 2.75) is 0 Å². The van der Waals surface area contributed by atoms with Gasteiger partial charge in [-0.1, -0.05) is 121 Å². The normalized spacial score (nSPS) is 13.6. The predicted molar refractivity (Wildman–Crippen MR) is 212 cm³/mol. The van der Waals surface area contributed by atoms with E-state index in [0.717, 1.165) is 44.4 Å². The first-order valence-corrected chi connectivity index (χ1v) is 16.9. The number of rotatable bonds is 4. The zero-order chi connectivity index (χ0) is 33.2. The van der Waals surface area contributed by atoms with Crippen LogP contribution in [-0.2, 0) is 0 Å². The Kier molecular flexibility index (Phi) is 6.30. The molecule has 4 heteroatoms. The molecule has 234 valence electrons. The average molecular weight is 639 g/mol. The van der Waals surface area contributed by atoms with E-state index in [1.54, 1.807) is 0 Å². The van der Waals surface area contributed by atoms with Crippen molar-refractivity contribution in [3.05, 3.63) is 175 Å². The van der Waals surface area contributed by atoms with Crippen LogP contribution >= 0.6 is 0 Å². The largest absolute Gasteiger partial charge is 0.309 e. The topological polar surface area (TPSA) is 53.2 Å². The van der Waals surface area contributed by atoms with Gasteiger partial charge in [0.15, 0.2) is 0 Å². The molecule has 0 aliphatic heterocycles. The van der Waals surface area contributed by atoms with Crippen LogP contribution in [0.5, 0.6) is 0 Å². The van der Waals surface area contributed by atoms with Crippen molar-refractivity contribution in [3.63, 3.8) is 0 Å². The van der Waals surface area contributed by atoms with E-state index in [-0.39, 0.29) is 0 Å². The van der Waals surface area contributed by atoms with Gasteiger partial charge < -0.3 is 4.57 Å². The highest BCUT2D eigenvalue weighted by molar-refractivity contribution is 6.55. The molecule has 0 radical (unpaired) electrons. The smallest absolute Gasteiger partial charge is 0.109 e. The van der Waals surface area contributed by atoms with Crippen molar-refractivity contribution in [1.29, 1.82) is 5.41 Å². The number of hydrazone groups is 1. The molecule has 1 aliphatic carbocycles. The van der Waals surface area contributed by atoms with Gasteiger partial charge in [0.2, 0.25) is 0 Å².